The number of nitrogens with two attached hydrogens (primary N) is 1. The molecule has 1 aliphatic rings. The number of anilines is 1. The van der Waals surface area contributed by atoms with E-state index in [2.05, 4.69) is 5.32 Å². The van der Waals surface area contributed by atoms with Crippen LogP contribution in [0.2, 0.25) is 0 Å². The van der Waals surface area contributed by atoms with Crippen LogP contribution in [0.25, 0.3) is 0 Å². The number of benzene rings is 1. The second-order valence-electron chi connectivity index (χ2n) is 4.95. The van der Waals surface area contributed by atoms with Crippen molar-refractivity contribution in [3.05, 3.63) is 29.8 Å². The number of aliphatic carboxylic acids is 1. The van der Waals surface area contributed by atoms with Crippen molar-refractivity contribution in [2.75, 3.05) is 37.6 Å². The van der Waals surface area contributed by atoms with E-state index >= 15 is 0 Å². The van der Waals surface area contributed by atoms with E-state index < -0.39 is 5.97 Å². The van der Waals surface area contributed by atoms with Crippen LogP contribution in [-0.4, -0.2) is 66.0 Å². The molecule has 0 spiro atoms. The molecule has 2 rings (SSSR count). The van der Waals surface area contributed by atoms with E-state index in [1.165, 1.54) is 0 Å². The maximum absolute atomic E-state index is 12.3. The van der Waals surface area contributed by atoms with Crippen LogP contribution >= 0.6 is 0 Å². The van der Waals surface area contributed by atoms with Crippen molar-refractivity contribution in [3.63, 3.8) is 0 Å². The van der Waals surface area contributed by atoms with Gasteiger partial charge in [-0.1, -0.05) is 0 Å². The van der Waals surface area contributed by atoms with Crippen molar-refractivity contribution in [1.29, 1.82) is 5.41 Å². The summed E-state index contributed by atoms with van der Waals surface area (Å²) >= 11 is 0. The fourth-order valence-electron chi connectivity index (χ4n) is 2.26. The monoisotopic (exact) mass is 329 g/mol. The van der Waals surface area contributed by atoms with Gasteiger partial charge in [-0.3, -0.25) is 15.1 Å². The van der Waals surface area contributed by atoms with Crippen LogP contribution in [-0.2, 0) is 4.79 Å². The molecule has 0 saturated carbocycles. The molecular formula is C14H20LiN5O4. The third-order valence-corrected chi connectivity index (χ3v) is 3.42. The number of amidine groups is 1. The molecule has 9 nitrogen and oxygen atoms in total. The first-order valence-corrected chi connectivity index (χ1v) is 6.92. The Morgan fingerprint density at radius 1 is 1.29 bits per heavy atom. The van der Waals surface area contributed by atoms with Crippen LogP contribution in [0.5, 0.6) is 0 Å². The first kappa shape index (κ1) is 21.9. The van der Waals surface area contributed by atoms with E-state index in [9.17, 15) is 9.59 Å². The van der Waals surface area contributed by atoms with Gasteiger partial charge in [0.1, 0.15) is 5.84 Å². The average Bonchev–Trinajstić information content (AvgIpc) is 2.85. The smallest absolute Gasteiger partial charge is 0.870 e. The van der Waals surface area contributed by atoms with Gasteiger partial charge < -0.3 is 26.5 Å². The number of hydrogen-bond donors (Lipinski definition) is 4. The van der Waals surface area contributed by atoms with Crippen molar-refractivity contribution in [1.82, 2.24) is 10.2 Å². The van der Waals surface area contributed by atoms with Gasteiger partial charge in [-0.15, -0.1) is 0 Å². The van der Waals surface area contributed by atoms with Gasteiger partial charge in [0.15, 0.2) is 0 Å². The predicted molar refractivity (Wildman–Crippen MR) is 84.2 cm³/mol. The third kappa shape index (κ3) is 5.54. The van der Waals surface area contributed by atoms with Gasteiger partial charge in [0.2, 0.25) is 0 Å². The van der Waals surface area contributed by atoms with Gasteiger partial charge in [-0.05, 0) is 24.3 Å². The normalized spacial score (nSPS) is 13.2. The number of nitrogen functional groups attached to an aromatic ring is 1. The Bertz CT molecular complexity index is 581. The number of carboxylic acid groups (broad SMARTS) is 1. The Hall–Kier alpha value is -2.05. The van der Waals surface area contributed by atoms with E-state index in [0.29, 0.717) is 31.7 Å². The molecule has 1 aromatic rings. The fourth-order valence-corrected chi connectivity index (χ4v) is 2.26. The summed E-state index contributed by atoms with van der Waals surface area (Å²) in [6, 6.07) is 6.85. The number of nitrogens with zero attached hydrogens (tertiary/aromatic N) is 2. The number of carbonyl (C=O) groups excluding carboxylic acids is 1. The molecule has 126 valence electrons. The number of amides is 2. The van der Waals surface area contributed by atoms with Gasteiger partial charge in [0, 0.05) is 37.4 Å². The Labute approximate surface area is 151 Å². The standard InChI is InChI=1S/C14H19N5O3.Li.H2O/c15-13(16)10-1-3-11(4-2-10)19-8-7-18(14(19)22)6-5-17-9-12(20)21;;/h1-4,17H,5-9H2,(H3,15,16)(H,20,21);;1H2/q;+1;/p-1. The summed E-state index contributed by atoms with van der Waals surface area (Å²) in [7, 11) is 0. The molecule has 0 aliphatic carbocycles. The largest absolute Gasteiger partial charge is 1.00 e. The van der Waals surface area contributed by atoms with Crippen molar-refractivity contribution >= 4 is 23.5 Å². The van der Waals surface area contributed by atoms with Gasteiger partial charge in [0.05, 0.1) is 6.54 Å². The average molecular weight is 329 g/mol. The SMILES string of the molecule is N=C(N)c1ccc(N2CCN(CCNCC(=O)O)C2=O)cc1.[Li+].[OH-]. The number of carboxylic acids is 1. The minimum Gasteiger partial charge on any atom is -0.870 e. The van der Waals surface area contributed by atoms with Crippen LogP contribution in [0, 0.1) is 5.41 Å². The van der Waals surface area contributed by atoms with Gasteiger partial charge >= 0.3 is 30.9 Å². The number of carbonyl (C=O) groups is 2. The van der Waals surface area contributed by atoms with Crippen molar-refractivity contribution < 1.29 is 39.0 Å². The second kappa shape index (κ2) is 9.95. The van der Waals surface area contributed by atoms with Crippen molar-refractivity contribution in [2.24, 2.45) is 5.73 Å². The Kier molecular flexibility index (Phi) is 9.10. The summed E-state index contributed by atoms with van der Waals surface area (Å²) in [4.78, 5) is 26.0. The maximum atomic E-state index is 12.3. The van der Waals surface area contributed by atoms with E-state index in [0.717, 1.165) is 5.69 Å². The van der Waals surface area contributed by atoms with E-state index in [1.54, 1.807) is 34.1 Å². The topological polar surface area (TPSA) is 153 Å². The van der Waals surface area contributed by atoms with Crippen LogP contribution in [0.1, 0.15) is 5.56 Å². The maximum Gasteiger partial charge on any atom is 1.00 e. The molecule has 1 aromatic carbocycles. The predicted octanol–water partition coefficient (Wildman–Crippen LogP) is -3.29. The summed E-state index contributed by atoms with van der Waals surface area (Å²) in [5.74, 6) is -0.926. The fraction of sp³-hybridized carbons (Fsp3) is 0.357. The van der Waals surface area contributed by atoms with Crippen LogP contribution in [0.3, 0.4) is 0 Å². The summed E-state index contributed by atoms with van der Waals surface area (Å²) in [5.41, 5.74) is 6.78. The molecule has 1 fully saturated rings. The number of urea groups is 1. The molecule has 2 amide bonds. The number of rotatable bonds is 7. The molecule has 0 unspecified atom stereocenters. The summed E-state index contributed by atoms with van der Waals surface area (Å²) in [6.07, 6.45) is 0. The van der Waals surface area contributed by atoms with Crippen LogP contribution in [0.4, 0.5) is 10.5 Å². The Balaban J connectivity index is 0.00000264. The minimum absolute atomic E-state index is 0. The molecule has 0 bridgehead atoms. The molecular weight excluding hydrogens is 309 g/mol. The van der Waals surface area contributed by atoms with Gasteiger partial charge in [0.25, 0.3) is 0 Å². The Morgan fingerprint density at radius 2 is 1.92 bits per heavy atom. The molecule has 0 aromatic heterocycles. The molecule has 1 heterocycles. The van der Waals surface area contributed by atoms with E-state index in [4.69, 9.17) is 16.2 Å². The van der Waals surface area contributed by atoms with E-state index in [-0.39, 0.29) is 42.7 Å². The summed E-state index contributed by atoms with van der Waals surface area (Å²) in [6.45, 7) is 1.97. The number of hydrogen-bond acceptors (Lipinski definition) is 5. The molecule has 0 atom stereocenters. The van der Waals surface area contributed by atoms with E-state index in [1.807, 2.05) is 0 Å². The van der Waals surface area contributed by atoms with Crippen LogP contribution in [0.15, 0.2) is 24.3 Å². The first-order chi connectivity index (χ1) is 10.5. The third-order valence-electron chi connectivity index (χ3n) is 3.42. The first-order valence-electron chi connectivity index (χ1n) is 6.92. The second-order valence-corrected chi connectivity index (χ2v) is 4.95. The quantitative estimate of drug-likeness (QED) is 0.178. The molecule has 10 heteroatoms. The molecule has 1 aliphatic heterocycles. The summed E-state index contributed by atoms with van der Waals surface area (Å²) < 4.78 is 0. The zero-order valence-electron chi connectivity index (χ0n) is 13.5. The minimum atomic E-state index is -0.917. The summed E-state index contributed by atoms with van der Waals surface area (Å²) in [5, 5.41) is 18.6. The molecule has 1 saturated heterocycles. The van der Waals surface area contributed by atoms with Gasteiger partial charge in [-0.25, -0.2) is 4.79 Å². The zero-order valence-corrected chi connectivity index (χ0v) is 13.5. The van der Waals surface area contributed by atoms with Crippen LogP contribution < -0.4 is 34.8 Å². The number of nitrogens with one attached hydrogen (secondary N) is 2. The molecule has 6 N–H and O–H groups in total. The zero-order chi connectivity index (χ0) is 16.1. The molecule has 0 radical (unpaired) electrons. The molecule has 24 heavy (non-hydrogen) atoms. The van der Waals surface area contributed by atoms with Gasteiger partial charge in [-0.2, -0.15) is 0 Å². The van der Waals surface area contributed by atoms with Crippen molar-refractivity contribution in [3.8, 4) is 0 Å². The Morgan fingerprint density at radius 3 is 2.46 bits per heavy atom. The van der Waals surface area contributed by atoms with Crippen molar-refractivity contribution in [2.45, 2.75) is 0 Å².